The zero-order valence-electron chi connectivity index (χ0n) is 16.9. The van der Waals surface area contributed by atoms with Crippen molar-refractivity contribution in [2.75, 3.05) is 23.8 Å². The molecular weight excluding hydrogens is 400 g/mol. The van der Waals surface area contributed by atoms with Gasteiger partial charge in [-0.15, -0.1) is 11.3 Å². The van der Waals surface area contributed by atoms with Crippen molar-refractivity contribution in [3.63, 3.8) is 0 Å². The Bertz CT molecular complexity index is 988. The second-order valence-corrected chi connectivity index (χ2v) is 7.30. The molecule has 3 rings (SSSR count). The molecule has 0 atom stereocenters. The largest absolute Gasteiger partial charge is 0.492 e. The van der Waals surface area contributed by atoms with Crippen LogP contribution in [-0.4, -0.2) is 25.0 Å². The molecule has 0 aliphatic carbocycles. The monoisotopic (exact) mass is 424 g/mol. The van der Waals surface area contributed by atoms with Gasteiger partial charge in [-0.3, -0.25) is 9.59 Å². The van der Waals surface area contributed by atoms with Gasteiger partial charge in [0.25, 0.3) is 5.91 Å². The molecule has 0 aliphatic rings. The van der Waals surface area contributed by atoms with Crippen LogP contribution in [0.25, 0.3) is 0 Å². The summed E-state index contributed by atoms with van der Waals surface area (Å²) in [6, 6.07) is 16.4. The van der Waals surface area contributed by atoms with E-state index < -0.39 is 0 Å². The van der Waals surface area contributed by atoms with Crippen molar-refractivity contribution in [1.82, 2.24) is 0 Å². The van der Waals surface area contributed by atoms with Crippen LogP contribution in [0, 0.1) is 0 Å². The normalized spacial score (nSPS) is 10.3. The van der Waals surface area contributed by atoms with E-state index >= 15 is 0 Å². The second-order valence-electron chi connectivity index (χ2n) is 6.35. The van der Waals surface area contributed by atoms with E-state index in [-0.39, 0.29) is 18.2 Å². The van der Waals surface area contributed by atoms with Gasteiger partial charge in [-0.1, -0.05) is 36.4 Å². The Morgan fingerprint density at radius 2 is 1.50 bits per heavy atom. The zero-order chi connectivity index (χ0) is 21.3. The van der Waals surface area contributed by atoms with Crippen LogP contribution in [0.1, 0.15) is 29.1 Å². The molecule has 1 aromatic heterocycles. The lowest BCUT2D eigenvalue weighted by Crippen LogP contribution is -2.16. The maximum atomic E-state index is 12.5. The summed E-state index contributed by atoms with van der Waals surface area (Å²) in [5, 5.41) is 7.61. The molecule has 6 nitrogen and oxygen atoms in total. The molecule has 0 saturated carbocycles. The second kappa shape index (κ2) is 10.5. The van der Waals surface area contributed by atoms with Crippen molar-refractivity contribution < 1.29 is 19.1 Å². The Morgan fingerprint density at radius 1 is 0.867 bits per heavy atom. The van der Waals surface area contributed by atoms with E-state index in [0.717, 1.165) is 5.56 Å². The quantitative estimate of drug-likeness (QED) is 0.508. The molecule has 0 saturated heterocycles. The lowest BCUT2D eigenvalue weighted by molar-refractivity contribution is -0.115. The minimum atomic E-state index is -0.228. The standard InChI is InChI=1S/C23H24N2O4S/c1-3-28-19-15-18(25-23(27)21-11-8-12-30-21)20(29-4-2)14-17(19)24-22(26)13-16-9-6-5-7-10-16/h5-12,14-15H,3-4,13H2,1-2H3,(H,24,26)(H,25,27). The number of thiophene rings is 1. The van der Waals surface area contributed by atoms with Crippen LogP contribution in [0.5, 0.6) is 11.5 Å². The Kier molecular flexibility index (Phi) is 7.45. The van der Waals surface area contributed by atoms with Crippen LogP contribution >= 0.6 is 11.3 Å². The molecule has 0 spiro atoms. The average molecular weight is 425 g/mol. The molecule has 2 N–H and O–H groups in total. The molecule has 0 fully saturated rings. The van der Waals surface area contributed by atoms with Crippen LogP contribution < -0.4 is 20.1 Å². The molecule has 0 bridgehead atoms. The highest BCUT2D eigenvalue weighted by atomic mass is 32.1. The van der Waals surface area contributed by atoms with E-state index in [4.69, 9.17) is 9.47 Å². The zero-order valence-corrected chi connectivity index (χ0v) is 17.8. The van der Waals surface area contributed by atoms with Crippen molar-refractivity contribution in [3.8, 4) is 11.5 Å². The molecular formula is C23H24N2O4S. The van der Waals surface area contributed by atoms with Crippen LogP contribution in [0.2, 0.25) is 0 Å². The first-order chi connectivity index (χ1) is 14.6. The average Bonchev–Trinajstić information content (AvgIpc) is 3.27. The summed E-state index contributed by atoms with van der Waals surface area (Å²) >= 11 is 1.36. The van der Waals surface area contributed by atoms with E-state index in [0.29, 0.717) is 41.0 Å². The molecule has 7 heteroatoms. The fraction of sp³-hybridized carbons (Fsp3) is 0.217. The summed E-state index contributed by atoms with van der Waals surface area (Å²) in [5.41, 5.74) is 1.90. The molecule has 0 unspecified atom stereocenters. The number of amides is 2. The fourth-order valence-corrected chi connectivity index (χ4v) is 3.49. The highest BCUT2D eigenvalue weighted by molar-refractivity contribution is 7.12. The Labute approximate surface area is 179 Å². The maximum absolute atomic E-state index is 12.5. The summed E-state index contributed by atoms with van der Waals surface area (Å²) in [4.78, 5) is 25.6. The molecule has 0 aliphatic heterocycles. The molecule has 2 amide bonds. The van der Waals surface area contributed by atoms with Crippen molar-refractivity contribution in [2.24, 2.45) is 0 Å². The minimum Gasteiger partial charge on any atom is -0.492 e. The molecule has 1 heterocycles. The Hall–Kier alpha value is -3.32. The molecule has 30 heavy (non-hydrogen) atoms. The van der Waals surface area contributed by atoms with E-state index in [1.165, 1.54) is 11.3 Å². The smallest absolute Gasteiger partial charge is 0.265 e. The first kappa shape index (κ1) is 21.4. The highest BCUT2D eigenvalue weighted by Gasteiger charge is 2.17. The third kappa shape index (κ3) is 5.61. The number of carbonyl (C=O) groups excluding carboxylic acids is 2. The van der Waals surface area contributed by atoms with Crippen LogP contribution in [0.4, 0.5) is 11.4 Å². The van der Waals surface area contributed by atoms with Gasteiger partial charge < -0.3 is 20.1 Å². The summed E-state index contributed by atoms with van der Waals surface area (Å²) < 4.78 is 11.4. The van der Waals surface area contributed by atoms with Crippen molar-refractivity contribution in [1.29, 1.82) is 0 Å². The van der Waals surface area contributed by atoms with Gasteiger partial charge in [0.05, 0.1) is 35.9 Å². The number of rotatable bonds is 9. The van der Waals surface area contributed by atoms with E-state index in [2.05, 4.69) is 10.6 Å². The van der Waals surface area contributed by atoms with E-state index in [1.807, 2.05) is 55.6 Å². The Balaban J connectivity index is 1.85. The van der Waals surface area contributed by atoms with E-state index in [1.54, 1.807) is 18.2 Å². The lowest BCUT2D eigenvalue weighted by atomic mass is 10.1. The SMILES string of the molecule is CCOc1cc(NC(=O)c2cccs2)c(OCC)cc1NC(=O)Cc1ccccc1. The number of carbonyl (C=O) groups is 2. The minimum absolute atomic E-state index is 0.167. The summed E-state index contributed by atoms with van der Waals surface area (Å²) in [6.07, 6.45) is 0.243. The van der Waals surface area contributed by atoms with Gasteiger partial charge in [0, 0.05) is 12.1 Å². The summed E-state index contributed by atoms with van der Waals surface area (Å²) in [5.74, 6) is 0.527. The van der Waals surface area contributed by atoms with Gasteiger partial charge in [0.2, 0.25) is 5.91 Å². The number of nitrogens with one attached hydrogen (secondary N) is 2. The topological polar surface area (TPSA) is 76.7 Å². The number of ether oxygens (including phenoxy) is 2. The van der Waals surface area contributed by atoms with Gasteiger partial charge in [-0.2, -0.15) is 0 Å². The maximum Gasteiger partial charge on any atom is 0.265 e. The highest BCUT2D eigenvalue weighted by Crippen LogP contribution is 2.37. The van der Waals surface area contributed by atoms with Gasteiger partial charge >= 0.3 is 0 Å². The number of benzene rings is 2. The molecule has 156 valence electrons. The third-order valence-electron chi connectivity index (χ3n) is 4.16. The van der Waals surface area contributed by atoms with E-state index in [9.17, 15) is 9.59 Å². The van der Waals surface area contributed by atoms with Crippen molar-refractivity contribution >= 4 is 34.5 Å². The predicted octanol–water partition coefficient (Wildman–Crippen LogP) is 4.98. The first-order valence-electron chi connectivity index (χ1n) is 9.73. The summed E-state index contributed by atoms with van der Waals surface area (Å²) in [6.45, 7) is 4.53. The molecule has 2 aromatic carbocycles. The van der Waals surface area contributed by atoms with Crippen molar-refractivity contribution in [3.05, 3.63) is 70.4 Å². The predicted molar refractivity (Wildman–Crippen MR) is 120 cm³/mol. The van der Waals surface area contributed by atoms with Gasteiger partial charge in [-0.05, 0) is 30.9 Å². The fourth-order valence-electron chi connectivity index (χ4n) is 2.87. The van der Waals surface area contributed by atoms with Crippen LogP contribution in [-0.2, 0) is 11.2 Å². The van der Waals surface area contributed by atoms with Crippen molar-refractivity contribution in [2.45, 2.75) is 20.3 Å². The number of anilines is 2. The van der Waals surface area contributed by atoms with Crippen LogP contribution in [0.3, 0.4) is 0 Å². The molecule has 3 aromatic rings. The summed E-state index contributed by atoms with van der Waals surface area (Å²) in [7, 11) is 0. The lowest BCUT2D eigenvalue weighted by Gasteiger charge is -2.17. The van der Waals surface area contributed by atoms with Crippen LogP contribution in [0.15, 0.2) is 60.0 Å². The van der Waals surface area contributed by atoms with Gasteiger partial charge in [0.1, 0.15) is 11.5 Å². The third-order valence-corrected chi connectivity index (χ3v) is 5.02. The van der Waals surface area contributed by atoms with Gasteiger partial charge in [-0.25, -0.2) is 0 Å². The Morgan fingerprint density at radius 3 is 2.07 bits per heavy atom. The number of hydrogen-bond donors (Lipinski definition) is 2. The van der Waals surface area contributed by atoms with Gasteiger partial charge in [0.15, 0.2) is 0 Å². The first-order valence-corrected chi connectivity index (χ1v) is 10.6. The number of hydrogen-bond acceptors (Lipinski definition) is 5. The molecule has 0 radical (unpaired) electrons.